The fourth-order valence-electron chi connectivity index (χ4n) is 2.39. The van der Waals surface area contributed by atoms with Gasteiger partial charge < -0.3 is 5.32 Å². The molecule has 0 aromatic carbocycles. The van der Waals surface area contributed by atoms with Crippen molar-refractivity contribution in [1.82, 2.24) is 21.1 Å². The molecule has 1 aromatic heterocycles. The Morgan fingerprint density at radius 1 is 1.45 bits per heavy atom. The van der Waals surface area contributed by atoms with Gasteiger partial charge in [-0.2, -0.15) is 0 Å². The summed E-state index contributed by atoms with van der Waals surface area (Å²) in [6.07, 6.45) is 2.22. The van der Waals surface area contributed by atoms with Gasteiger partial charge in [0.15, 0.2) is 0 Å². The van der Waals surface area contributed by atoms with Gasteiger partial charge in [-0.3, -0.25) is 25.3 Å². The molecule has 1 unspecified atom stereocenters. The second-order valence-corrected chi connectivity index (χ2v) is 5.75. The van der Waals surface area contributed by atoms with Crippen LogP contribution in [-0.2, 0) is 4.79 Å². The topological polar surface area (TPSA) is 73.5 Å². The van der Waals surface area contributed by atoms with Crippen LogP contribution in [0.4, 0.5) is 0 Å². The molecule has 0 spiro atoms. The maximum absolute atomic E-state index is 11.8. The number of amides is 2. The monoisotopic (exact) mass is 296 g/mol. The molecule has 20 heavy (non-hydrogen) atoms. The summed E-state index contributed by atoms with van der Waals surface area (Å²) in [5.74, 6) is -0.459. The van der Waals surface area contributed by atoms with E-state index in [4.69, 9.17) is 0 Å². The third-order valence-electron chi connectivity index (χ3n) is 3.35. The van der Waals surface area contributed by atoms with E-state index in [1.165, 1.54) is 11.3 Å². The summed E-state index contributed by atoms with van der Waals surface area (Å²) in [7, 11) is 1.91. The molecule has 2 amide bonds. The van der Waals surface area contributed by atoms with Crippen molar-refractivity contribution in [3.05, 3.63) is 22.4 Å². The number of nitrogens with one attached hydrogen (secondary N) is 3. The van der Waals surface area contributed by atoms with E-state index in [1.54, 1.807) is 12.1 Å². The average molecular weight is 296 g/mol. The predicted octanol–water partition coefficient (Wildman–Crippen LogP) is 0.193. The van der Waals surface area contributed by atoms with E-state index in [-0.39, 0.29) is 11.8 Å². The van der Waals surface area contributed by atoms with Gasteiger partial charge in [0.2, 0.25) is 0 Å². The summed E-state index contributed by atoms with van der Waals surface area (Å²) in [4.78, 5) is 26.2. The molecule has 3 N–H and O–H groups in total. The SMILES string of the molecule is CNCC1CCCN1CC(=O)NNC(=O)c1cccs1. The normalized spacial score (nSPS) is 18.9. The van der Waals surface area contributed by atoms with Crippen LogP contribution in [0.5, 0.6) is 0 Å². The van der Waals surface area contributed by atoms with Gasteiger partial charge in [-0.1, -0.05) is 6.07 Å². The van der Waals surface area contributed by atoms with Crippen molar-refractivity contribution < 1.29 is 9.59 Å². The Morgan fingerprint density at radius 3 is 3.00 bits per heavy atom. The van der Waals surface area contributed by atoms with Crippen LogP contribution in [0.25, 0.3) is 0 Å². The Kier molecular flexibility index (Phi) is 5.51. The Balaban J connectivity index is 1.74. The molecule has 0 aliphatic carbocycles. The highest BCUT2D eigenvalue weighted by atomic mass is 32.1. The minimum Gasteiger partial charge on any atom is -0.318 e. The Bertz CT molecular complexity index is 449. The van der Waals surface area contributed by atoms with Gasteiger partial charge in [0.1, 0.15) is 0 Å². The number of hydrogen-bond acceptors (Lipinski definition) is 5. The quantitative estimate of drug-likeness (QED) is 0.678. The van der Waals surface area contributed by atoms with Crippen LogP contribution in [0.3, 0.4) is 0 Å². The number of likely N-dealkylation sites (N-methyl/N-ethyl adjacent to an activating group) is 1. The van der Waals surface area contributed by atoms with Crippen LogP contribution in [0.1, 0.15) is 22.5 Å². The van der Waals surface area contributed by atoms with Gasteiger partial charge >= 0.3 is 0 Å². The molecular formula is C13H20N4O2S. The van der Waals surface area contributed by atoms with Gasteiger partial charge in [0.05, 0.1) is 11.4 Å². The molecule has 6 nitrogen and oxygen atoms in total. The summed E-state index contributed by atoms with van der Waals surface area (Å²) < 4.78 is 0. The van der Waals surface area contributed by atoms with Gasteiger partial charge in [-0.25, -0.2) is 0 Å². The maximum Gasteiger partial charge on any atom is 0.279 e. The highest BCUT2D eigenvalue weighted by molar-refractivity contribution is 7.12. The summed E-state index contributed by atoms with van der Waals surface area (Å²) in [6.45, 7) is 2.13. The average Bonchev–Trinajstić information content (AvgIpc) is 3.09. The van der Waals surface area contributed by atoms with Gasteiger partial charge in [-0.05, 0) is 37.9 Å². The van der Waals surface area contributed by atoms with E-state index in [0.29, 0.717) is 17.5 Å². The van der Waals surface area contributed by atoms with Gasteiger partial charge in [-0.15, -0.1) is 11.3 Å². The zero-order chi connectivity index (χ0) is 14.4. The minimum absolute atomic E-state index is 0.182. The third-order valence-corrected chi connectivity index (χ3v) is 4.21. The summed E-state index contributed by atoms with van der Waals surface area (Å²) in [5, 5.41) is 4.96. The summed E-state index contributed by atoms with van der Waals surface area (Å²) in [6, 6.07) is 3.92. The minimum atomic E-state index is -0.276. The molecule has 1 aliphatic rings. The molecule has 110 valence electrons. The molecule has 1 aromatic rings. The number of nitrogens with zero attached hydrogens (tertiary/aromatic N) is 1. The molecule has 2 heterocycles. The van der Waals surface area contributed by atoms with Gasteiger partial charge in [0, 0.05) is 12.6 Å². The van der Waals surface area contributed by atoms with E-state index in [9.17, 15) is 9.59 Å². The number of hydrazine groups is 1. The van der Waals surface area contributed by atoms with Crippen molar-refractivity contribution in [2.24, 2.45) is 0 Å². The van der Waals surface area contributed by atoms with E-state index in [2.05, 4.69) is 21.1 Å². The van der Waals surface area contributed by atoms with E-state index in [1.807, 2.05) is 12.4 Å². The lowest BCUT2D eigenvalue weighted by atomic mass is 10.2. The number of rotatable bonds is 5. The lowest BCUT2D eigenvalue weighted by Crippen LogP contribution is -2.48. The van der Waals surface area contributed by atoms with Crippen LogP contribution in [0.15, 0.2) is 17.5 Å². The van der Waals surface area contributed by atoms with Crippen LogP contribution in [-0.4, -0.2) is 49.4 Å². The third kappa shape index (κ3) is 4.03. The smallest absolute Gasteiger partial charge is 0.279 e. The number of hydrogen-bond donors (Lipinski definition) is 3. The Labute approximate surface area is 122 Å². The van der Waals surface area contributed by atoms with E-state index < -0.39 is 0 Å². The molecule has 7 heteroatoms. The van der Waals surface area contributed by atoms with Crippen molar-refractivity contribution >= 4 is 23.2 Å². The summed E-state index contributed by atoms with van der Waals surface area (Å²) >= 11 is 1.34. The number of carbonyl (C=O) groups is 2. The van der Waals surface area contributed by atoms with Crippen molar-refractivity contribution in [3.8, 4) is 0 Å². The molecule has 0 radical (unpaired) electrons. The van der Waals surface area contributed by atoms with Crippen LogP contribution >= 0.6 is 11.3 Å². The molecule has 0 bridgehead atoms. The first-order valence-electron chi connectivity index (χ1n) is 6.72. The molecule has 1 atom stereocenters. The standard InChI is InChI=1S/C13H20N4O2S/c1-14-8-10-4-2-6-17(10)9-12(18)15-16-13(19)11-5-3-7-20-11/h3,5,7,10,14H,2,4,6,8-9H2,1H3,(H,15,18)(H,16,19). The van der Waals surface area contributed by atoms with Crippen molar-refractivity contribution in [3.63, 3.8) is 0 Å². The maximum atomic E-state index is 11.8. The first-order chi connectivity index (χ1) is 9.70. The predicted molar refractivity (Wildman–Crippen MR) is 78.4 cm³/mol. The second kappa shape index (κ2) is 7.37. The number of likely N-dealkylation sites (tertiary alicyclic amines) is 1. The molecule has 2 rings (SSSR count). The van der Waals surface area contributed by atoms with Crippen LogP contribution in [0, 0.1) is 0 Å². The number of thiophene rings is 1. The van der Waals surface area contributed by atoms with Crippen LogP contribution in [0.2, 0.25) is 0 Å². The lowest BCUT2D eigenvalue weighted by Gasteiger charge is -2.23. The van der Waals surface area contributed by atoms with Crippen molar-refractivity contribution in [2.45, 2.75) is 18.9 Å². The van der Waals surface area contributed by atoms with Crippen molar-refractivity contribution in [1.29, 1.82) is 0 Å². The Morgan fingerprint density at radius 2 is 2.30 bits per heavy atom. The number of carbonyl (C=O) groups excluding carboxylic acids is 2. The van der Waals surface area contributed by atoms with Crippen LogP contribution < -0.4 is 16.2 Å². The second-order valence-electron chi connectivity index (χ2n) is 4.80. The first-order valence-corrected chi connectivity index (χ1v) is 7.60. The zero-order valence-corrected chi connectivity index (χ0v) is 12.3. The highest BCUT2D eigenvalue weighted by Gasteiger charge is 2.25. The Hall–Kier alpha value is -1.44. The fraction of sp³-hybridized carbons (Fsp3) is 0.538. The molecule has 1 fully saturated rings. The first kappa shape index (κ1) is 15.0. The summed E-state index contributed by atoms with van der Waals surface area (Å²) in [5.41, 5.74) is 4.90. The lowest BCUT2D eigenvalue weighted by molar-refractivity contribution is -0.123. The molecular weight excluding hydrogens is 276 g/mol. The molecule has 0 saturated carbocycles. The van der Waals surface area contributed by atoms with E-state index >= 15 is 0 Å². The molecule has 1 aliphatic heterocycles. The van der Waals surface area contributed by atoms with Crippen molar-refractivity contribution in [2.75, 3.05) is 26.7 Å². The molecule has 1 saturated heterocycles. The van der Waals surface area contributed by atoms with Gasteiger partial charge in [0.25, 0.3) is 11.8 Å². The largest absolute Gasteiger partial charge is 0.318 e. The van der Waals surface area contributed by atoms with E-state index in [0.717, 1.165) is 25.9 Å². The highest BCUT2D eigenvalue weighted by Crippen LogP contribution is 2.15. The zero-order valence-electron chi connectivity index (χ0n) is 11.5. The fourth-order valence-corrected chi connectivity index (χ4v) is 3.01.